The van der Waals surface area contributed by atoms with Crippen molar-refractivity contribution in [1.82, 2.24) is 0 Å². The van der Waals surface area contributed by atoms with Gasteiger partial charge in [0.1, 0.15) is 25.4 Å². The summed E-state index contributed by atoms with van der Waals surface area (Å²) in [5.41, 5.74) is -1.82. The van der Waals surface area contributed by atoms with E-state index in [1.165, 1.54) is 0 Å². The third-order valence-electron chi connectivity index (χ3n) is 14.8. The van der Waals surface area contributed by atoms with Crippen molar-refractivity contribution < 1.29 is 95.6 Å². The van der Waals surface area contributed by atoms with E-state index in [0.29, 0.717) is 38.5 Å². The van der Waals surface area contributed by atoms with Gasteiger partial charge >= 0.3 is 47.8 Å². The fourth-order valence-corrected chi connectivity index (χ4v) is 12.6. The summed E-state index contributed by atoms with van der Waals surface area (Å²) in [6, 6.07) is 0. The molecule has 2 saturated heterocycles. The molecule has 16 unspecified atom stereocenters. The smallest absolute Gasteiger partial charge is 0.309 e. The Morgan fingerprint density at radius 1 is 0.591 bits per heavy atom. The molecule has 16 atom stereocenters. The lowest BCUT2D eigenvalue weighted by Crippen LogP contribution is -2.68. The zero-order chi connectivity index (χ0) is 48.7. The summed E-state index contributed by atoms with van der Waals surface area (Å²) in [5, 5.41) is 10.5. The van der Waals surface area contributed by atoms with E-state index in [9.17, 15) is 43.5 Å². The van der Waals surface area contributed by atoms with Crippen molar-refractivity contribution in [2.45, 2.75) is 187 Å². The fourth-order valence-electron chi connectivity index (χ4n) is 12.6. The van der Waals surface area contributed by atoms with Gasteiger partial charge in [0.15, 0.2) is 49.2 Å². The molecule has 66 heavy (non-hydrogen) atoms. The van der Waals surface area contributed by atoms with Crippen molar-refractivity contribution in [3.63, 3.8) is 0 Å². The molecule has 0 aromatic carbocycles. The molecule has 2 aliphatic heterocycles. The average Bonchev–Trinajstić information content (AvgIpc) is 3.39. The summed E-state index contributed by atoms with van der Waals surface area (Å²) >= 11 is 0. The second kappa shape index (κ2) is 19.5. The van der Waals surface area contributed by atoms with Crippen molar-refractivity contribution in [3.8, 4) is 0 Å². The molecule has 0 amide bonds. The Morgan fingerprint density at radius 2 is 1.06 bits per heavy atom. The first kappa shape index (κ1) is 50.7. The van der Waals surface area contributed by atoms with E-state index in [4.69, 9.17) is 52.1 Å². The van der Waals surface area contributed by atoms with Crippen LogP contribution in [-0.4, -0.2) is 133 Å². The van der Waals surface area contributed by atoms with Crippen LogP contribution in [0.2, 0.25) is 0 Å². The normalized spacial score (nSPS) is 40.3. The molecular formula is C46H64O20. The van der Waals surface area contributed by atoms with Gasteiger partial charge in [0.05, 0.1) is 11.0 Å². The topological polar surface area (TPSA) is 258 Å². The molecule has 0 aromatic rings. The van der Waals surface area contributed by atoms with E-state index in [2.05, 4.69) is 13.5 Å². The van der Waals surface area contributed by atoms with E-state index in [-0.39, 0.29) is 22.7 Å². The molecule has 0 aromatic heterocycles. The van der Waals surface area contributed by atoms with Crippen LogP contribution in [0.3, 0.4) is 0 Å². The van der Waals surface area contributed by atoms with Crippen LogP contribution in [0, 0.1) is 28.1 Å². The third kappa shape index (κ3) is 10.1. The molecule has 20 nitrogen and oxygen atoms in total. The molecule has 1 N–H and O–H groups in total. The van der Waals surface area contributed by atoms with Gasteiger partial charge < -0.3 is 57.2 Å². The molecule has 4 aliphatic carbocycles. The monoisotopic (exact) mass is 936 g/mol. The number of carbonyl (C=O) groups excluding carboxylic acids is 7. The molecule has 368 valence electrons. The average molecular weight is 937 g/mol. The molecule has 4 saturated carbocycles. The van der Waals surface area contributed by atoms with Crippen LogP contribution in [0.25, 0.3) is 0 Å². The minimum absolute atomic E-state index is 0.0417. The summed E-state index contributed by atoms with van der Waals surface area (Å²) in [6.45, 7) is 15.3. The van der Waals surface area contributed by atoms with Gasteiger partial charge in [-0.05, 0) is 86.5 Å². The van der Waals surface area contributed by atoms with Gasteiger partial charge in [0.2, 0.25) is 0 Å². The van der Waals surface area contributed by atoms with Gasteiger partial charge in [-0.2, -0.15) is 0 Å². The first-order valence-corrected chi connectivity index (χ1v) is 22.5. The van der Waals surface area contributed by atoms with Gasteiger partial charge in [0, 0.05) is 48.5 Å². The number of hydrogen-bond acceptors (Lipinski definition) is 19. The number of rotatable bonds is 14. The Bertz CT molecular complexity index is 1950. The SMILES string of the molecule is C=C1CC23CCC4C(C)(C(=O)O)CCCC4(C)C2CCC1(OC1OC(COC(C)=O)C(OC(C)=O)C(OC(C)=O)C1OC1OC(COC(C)=O)C(OC(C)=O)C(OC(C)=O)C1OC(C)=O)C3. The zero-order valence-corrected chi connectivity index (χ0v) is 39.1. The lowest BCUT2D eigenvalue weighted by Gasteiger charge is -2.64. The van der Waals surface area contributed by atoms with Crippen LogP contribution in [0.4, 0.5) is 0 Å². The third-order valence-corrected chi connectivity index (χ3v) is 14.8. The van der Waals surface area contributed by atoms with Crippen LogP contribution in [0.15, 0.2) is 12.2 Å². The van der Waals surface area contributed by atoms with Crippen LogP contribution in [-0.2, 0) is 90.5 Å². The number of ether oxygens (including phenoxy) is 11. The lowest BCUT2D eigenvalue weighted by molar-refractivity contribution is -0.379. The van der Waals surface area contributed by atoms with Crippen molar-refractivity contribution >= 4 is 47.8 Å². The van der Waals surface area contributed by atoms with Gasteiger partial charge in [-0.3, -0.25) is 38.4 Å². The summed E-state index contributed by atoms with van der Waals surface area (Å²) in [5.74, 6) is -6.51. The quantitative estimate of drug-likeness (QED) is 0.112. The van der Waals surface area contributed by atoms with Crippen molar-refractivity contribution in [1.29, 1.82) is 0 Å². The molecule has 6 aliphatic rings. The second-order valence-corrected chi connectivity index (χ2v) is 19.4. The largest absolute Gasteiger partial charge is 0.481 e. The highest BCUT2D eigenvalue weighted by molar-refractivity contribution is 5.75. The summed E-state index contributed by atoms with van der Waals surface area (Å²) in [4.78, 5) is 101. The highest BCUT2D eigenvalue weighted by Crippen LogP contribution is 2.73. The maximum atomic E-state index is 13.1. The van der Waals surface area contributed by atoms with Crippen molar-refractivity contribution in [3.05, 3.63) is 12.2 Å². The Kier molecular flexibility index (Phi) is 15.0. The fraction of sp³-hybridized carbons (Fsp3) is 0.783. The highest BCUT2D eigenvalue weighted by Gasteiger charge is 2.69. The number of hydrogen-bond donors (Lipinski definition) is 1. The standard InChI is InChI=1S/C46H64O20/c1-22-18-45-16-12-32-43(9,14-11-15-44(32,10)42(54)55)33(45)13-17-46(22,21-45)66-41-39(37(61-28(7)52)35(59-26(5)50)31(64-41)20-57-24(3)48)65-40-38(62-29(8)53)36(60-27(6)51)34(58-25(4)49)30(63-40)19-56-23(2)47/h30-41H,1,11-21H2,2-10H3,(H,54,55). The van der Waals surface area contributed by atoms with Crippen LogP contribution >= 0.6 is 0 Å². The lowest BCUT2D eigenvalue weighted by atomic mass is 9.41. The van der Waals surface area contributed by atoms with Gasteiger partial charge in [-0.15, -0.1) is 0 Å². The Balaban J connectivity index is 1.44. The van der Waals surface area contributed by atoms with Crippen molar-refractivity contribution in [2.24, 2.45) is 28.1 Å². The first-order valence-electron chi connectivity index (χ1n) is 22.5. The number of fused-ring (bicyclic) bond motifs is 3. The highest BCUT2D eigenvalue weighted by atomic mass is 16.8. The molecule has 20 heteroatoms. The second-order valence-electron chi connectivity index (χ2n) is 19.4. The summed E-state index contributed by atoms with van der Waals surface area (Å²) in [7, 11) is 0. The number of aliphatic carboxylic acids is 1. The van der Waals surface area contributed by atoms with Crippen LogP contribution in [0.1, 0.15) is 120 Å². The maximum absolute atomic E-state index is 13.1. The van der Waals surface area contributed by atoms with E-state index in [1.54, 1.807) is 0 Å². The number of carboxylic acids is 1. The van der Waals surface area contributed by atoms with Gasteiger partial charge in [-0.1, -0.05) is 19.9 Å². The Labute approximate surface area is 383 Å². The Hall–Kier alpha value is -4.66. The molecule has 0 radical (unpaired) electrons. The predicted octanol–water partition coefficient (Wildman–Crippen LogP) is 3.80. The van der Waals surface area contributed by atoms with Crippen LogP contribution < -0.4 is 0 Å². The number of carbonyl (C=O) groups is 8. The molecular weight excluding hydrogens is 872 g/mol. The first-order chi connectivity index (χ1) is 30.8. The molecule has 6 rings (SSSR count). The molecule has 2 heterocycles. The summed E-state index contributed by atoms with van der Waals surface area (Å²) < 4.78 is 65.9. The van der Waals surface area contributed by atoms with E-state index in [1.807, 2.05) is 6.92 Å². The van der Waals surface area contributed by atoms with E-state index >= 15 is 0 Å². The minimum atomic E-state index is -1.83. The number of carboxylic acid groups (broad SMARTS) is 1. The van der Waals surface area contributed by atoms with E-state index < -0.39 is 133 Å². The predicted molar refractivity (Wildman–Crippen MR) is 221 cm³/mol. The number of esters is 7. The summed E-state index contributed by atoms with van der Waals surface area (Å²) in [6.07, 6.45) is -10.1. The van der Waals surface area contributed by atoms with E-state index in [0.717, 1.165) is 73.3 Å². The maximum Gasteiger partial charge on any atom is 0.309 e. The minimum Gasteiger partial charge on any atom is -0.481 e. The van der Waals surface area contributed by atoms with Crippen molar-refractivity contribution in [2.75, 3.05) is 13.2 Å². The molecule has 6 fully saturated rings. The van der Waals surface area contributed by atoms with Gasteiger partial charge in [-0.25, -0.2) is 0 Å². The van der Waals surface area contributed by atoms with Gasteiger partial charge in [0.25, 0.3) is 0 Å². The molecule has 1 spiro atoms. The molecule has 2 bridgehead atoms. The zero-order valence-electron chi connectivity index (χ0n) is 39.1. The Morgan fingerprint density at radius 3 is 1.56 bits per heavy atom. The van der Waals surface area contributed by atoms with Crippen LogP contribution in [0.5, 0.6) is 0 Å².